The molecule has 26 heavy (non-hydrogen) atoms. The van der Waals surface area contributed by atoms with Crippen molar-refractivity contribution >= 4 is 51.6 Å². The number of benzene rings is 1. The zero-order valence-corrected chi connectivity index (χ0v) is 16.0. The molecular formula is C18H19Cl2N5O. The summed E-state index contributed by atoms with van der Waals surface area (Å²) in [7, 11) is 0. The quantitative estimate of drug-likeness (QED) is 0.610. The maximum atomic E-state index is 12.4. The summed E-state index contributed by atoms with van der Waals surface area (Å²) in [5.74, 6) is 0.347. The topological polar surface area (TPSA) is 85.8 Å². The molecule has 0 aliphatic rings. The first-order valence-corrected chi connectivity index (χ1v) is 9.10. The molecule has 1 aromatic carbocycles. The number of hydrogen-bond acceptors (Lipinski definition) is 5. The Bertz CT molecular complexity index is 991. The van der Waals surface area contributed by atoms with Crippen molar-refractivity contribution in [2.75, 3.05) is 11.1 Å². The van der Waals surface area contributed by atoms with Crippen LogP contribution in [-0.4, -0.2) is 14.5 Å². The number of halogens is 2. The first-order chi connectivity index (χ1) is 12.4. The monoisotopic (exact) mass is 391 g/mol. The number of rotatable bonds is 5. The molecule has 6 nitrogen and oxygen atoms in total. The lowest BCUT2D eigenvalue weighted by molar-refractivity contribution is 0.470. The minimum atomic E-state index is -0.0746. The van der Waals surface area contributed by atoms with Gasteiger partial charge in [-0.05, 0) is 31.0 Å². The molecule has 0 spiro atoms. The van der Waals surface area contributed by atoms with Gasteiger partial charge in [0.05, 0.1) is 15.7 Å². The average Bonchev–Trinajstić information content (AvgIpc) is 2.62. The molecule has 0 radical (unpaired) electrons. The fourth-order valence-electron chi connectivity index (χ4n) is 2.89. The molecule has 0 atom stereocenters. The Labute approximate surface area is 161 Å². The SMILES string of the molecule is CCC(CC)n1c(=O)ccc2cnc(Nc3cc(Cl)c(N)c(Cl)c3)nc21. The van der Waals surface area contributed by atoms with Crippen LogP contribution in [0.15, 0.2) is 35.3 Å². The molecule has 3 N–H and O–H groups in total. The Morgan fingerprint density at radius 2 is 1.85 bits per heavy atom. The molecule has 0 aliphatic carbocycles. The number of anilines is 3. The Morgan fingerprint density at radius 1 is 1.19 bits per heavy atom. The lowest BCUT2D eigenvalue weighted by Crippen LogP contribution is -2.24. The van der Waals surface area contributed by atoms with Gasteiger partial charge in [0.1, 0.15) is 5.65 Å². The summed E-state index contributed by atoms with van der Waals surface area (Å²) >= 11 is 12.1. The van der Waals surface area contributed by atoms with Gasteiger partial charge in [0.15, 0.2) is 0 Å². The first-order valence-electron chi connectivity index (χ1n) is 8.34. The molecule has 0 amide bonds. The van der Waals surface area contributed by atoms with Crippen LogP contribution < -0.4 is 16.6 Å². The summed E-state index contributed by atoms with van der Waals surface area (Å²) in [6, 6.07) is 6.66. The largest absolute Gasteiger partial charge is 0.396 e. The van der Waals surface area contributed by atoms with Crippen molar-refractivity contribution < 1.29 is 0 Å². The van der Waals surface area contributed by atoms with Gasteiger partial charge in [0, 0.05) is 29.4 Å². The zero-order valence-electron chi connectivity index (χ0n) is 14.5. The van der Waals surface area contributed by atoms with E-state index in [4.69, 9.17) is 28.9 Å². The summed E-state index contributed by atoms with van der Waals surface area (Å²) in [4.78, 5) is 21.3. The van der Waals surface area contributed by atoms with Crippen LogP contribution in [-0.2, 0) is 0 Å². The van der Waals surface area contributed by atoms with Crippen molar-refractivity contribution in [1.82, 2.24) is 14.5 Å². The van der Waals surface area contributed by atoms with Crippen LogP contribution in [0.25, 0.3) is 11.0 Å². The summed E-state index contributed by atoms with van der Waals surface area (Å²) < 4.78 is 1.73. The zero-order chi connectivity index (χ0) is 18.8. The third-order valence-corrected chi connectivity index (χ3v) is 4.94. The van der Waals surface area contributed by atoms with Crippen LogP contribution in [0.1, 0.15) is 32.7 Å². The number of aromatic nitrogens is 3. The van der Waals surface area contributed by atoms with E-state index in [2.05, 4.69) is 29.1 Å². The number of nitrogens with two attached hydrogens (primary N) is 1. The van der Waals surface area contributed by atoms with Crippen molar-refractivity contribution in [3.63, 3.8) is 0 Å². The van der Waals surface area contributed by atoms with Gasteiger partial charge in [-0.2, -0.15) is 4.98 Å². The molecule has 0 saturated heterocycles. The van der Waals surface area contributed by atoms with Gasteiger partial charge < -0.3 is 11.1 Å². The highest BCUT2D eigenvalue weighted by atomic mass is 35.5. The van der Waals surface area contributed by atoms with E-state index < -0.39 is 0 Å². The van der Waals surface area contributed by atoms with Gasteiger partial charge in [-0.3, -0.25) is 9.36 Å². The van der Waals surface area contributed by atoms with E-state index in [1.165, 1.54) is 0 Å². The summed E-state index contributed by atoms with van der Waals surface area (Å²) in [5.41, 5.74) is 7.21. The highest BCUT2D eigenvalue weighted by molar-refractivity contribution is 6.39. The summed E-state index contributed by atoms with van der Waals surface area (Å²) in [5, 5.41) is 4.55. The maximum absolute atomic E-state index is 12.4. The van der Waals surface area contributed by atoms with Crippen LogP contribution in [0.2, 0.25) is 10.0 Å². The number of nitrogens with zero attached hydrogens (tertiary/aromatic N) is 3. The van der Waals surface area contributed by atoms with Crippen molar-refractivity contribution in [2.45, 2.75) is 32.7 Å². The first kappa shape index (κ1) is 18.5. The Balaban J connectivity index is 2.09. The molecule has 0 aliphatic heterocycles. The second kappa shape index (κ2) is 7.51. The fraction of sp³-hybridized carbons (Fsp3) is 0.278. The lowest BCUT2D eigenvalue weighted by atomic mass is 10.1. The molecule has 3 aromatic rings. The smallest absolute Gasteiger partial charge is 0.252 e. The van der Waals surface area contributed by atoms with E-state index >= 15 is 0 Å². The molecule has 2 heterocycles. The van der Waals surface area contributed by atoms with Crippen molar-refractivity contribution in [3.05, 3.63) is 50.9 Å². The van der Waals surface area contributed by atoms with Crippen LogP contribution in [0.4, 0.5) is 17.3 Å². The second-order valence-electron chi connectivity index (χ2n) is 5.96. The number of nitrogen functional groups attached to an aromatic ring is 1. The number of nitrogens with one attached hydrogen (secondary N) is 1. The van der Waals surface area contributed by atoms with E-state index in [1.807, 2.05) is 0 Å². The van der Waals surface area contributed by atoms with Gasteiger partial charge in [0.25, 0.3) is 5.56 Å². The van der Waals surface area contributed by atoms with Gasteiger partial charge in [-0.25, -0.2) is 4.98 Å². The highest BCUT2D eigenvalue weighted by Gasteiger charge is 2.14. The predicted octanol–water partition coefficient (Wildman–Crippen LogP) is 4.79. The number of hydrogen-bond donors (Lipinski definition) is 2. The molecule has 0 bridgehead atoms. The van der Waals surface area contributed by atoms with Gasteiger partial charge in [-0.1, -0.05) is 37.0 Å². The van der Waals surface area contributed by atoms with Crippen molar-refractivity contribution in [1.29, 1.82) is 0 Å². The Morgan fingerprint density at radius 3 is 2.46 bits per heavy atom. The minimum absolute atomic E-state index is 0.0746. The molecule has 0 saturated carbocycles. The van der Waals surface area contributed by atoms with Crippen LogP contribution in [0.5, 0.6) is 0 Å². The van der Waals surface area contributed by atoms with Crippen LogP contribution in [0, 0.1) is 0 Å². The fourth-order valence-corrected chi connectivity index (χ4v) is 3.38. The minimum Gasteiger partial charge on any atom is -0.396 e. The number of pyridine rings is 1. The van der Waals surface area contributed by atoms with E-state index in [1.54, 1.807) is 35.0 Å². The second-order valence-corrected chi connectivity index (χ2v) is 6.78. The molecule has 2 aromatic heterocycles. The molecule has 8 heteroatoms. The van der Waals surface area contributed by atoms with Crippen molar-refractivity contribution in [2.24, 2.45) is 0 Å². The molecule has 136 valence electrons. The Kier molecular flexibility index (Phi) is 5.34. The molecular weight excluding hydrogens is 373 g/mol. The maximum Gasteiger partial charge on any atom is 0.252 e. The van der Waals surface area contributed by atoms with E-state index in [9.17, 15) is 4.79 Å². The van der Waals surface area contributed by atoms with Gasteiger partial charge >= 0.3 is 0 Å². The third kappa shape index (κ3) is 3.48. The van der Waals surface area contributed by atoms with Crippen LogP contribution in [0.3, 0.4) is 0 Å². The van der Waals surface area contributed by atoms with E-state index in [0.717, 1.165) is 18.2 Å². The van der Waals surface area contributed by atoms with Crippen molar-refractivity contribution in [3.8, 4) is 0 Å². The average molecular weight is 392 g/mol. The normalized spacial score (nSPS) is 11.3. The van der Waals surface area contributed by atoms with E-state index in [0.29, 0.717) is 33.0 Å². The molecule has 0 unspecified atom stereocenters. The number of fused-ring (bicyclic) bond motifs is 1. The predicted molar refractivity (Wildman–Crippen MR) is 108 cm³/mol. The van der Waals surface area contributed by atoms with E-state index in [-0.39, 0.29) is 11.6 Å². The Hall–Kier alpha value is -2.31. The highest BCUT2D eigenvalue weighted by Crippen LogP contribution is 2.32. The lowest BCUT2D eigenvalue weighted by Gasteiger charge is -2.18. The molecule has 3 rings (SSSR count). The summed E-state index contributed by atoms with van der Waals surface area (Å²) in [6.45, 7) is 4.11. The van der Waals surface area contributed by atoms with Gasteiger partial charge in [-0.15, -0.1) is 0 Å². The standard InChI is InChI=1S/C18H19Cl2N5O/c1-3-12(4-2)25-15(26)6-5-10-9-22-18(24-17(10)25)23-11-7-13(19)16(21)14(20)8-11/h5-9,12H,3-4,21H2,1-2H3,(H,22,23,24). The molecule has 0 fully saturated rings. The third-order valence-electron chi connectivity index (χ3n) is 4.31. The van der Waals surface area contributed by atoms with Gasteiger partial charge in [0.2, 0.25) is 5.95 Å². The van der Waals surface area contributed by atoms with Crippen LogP contribution >= 0.6 is 23.2 Å². The summed E-state index contributed by atoms with van der Waals surface area (Å²) in [6.07, 6.45) is 3.36.